The molecule has 1 N–H and O–H groups in total. The number of ether oxygens (including phenoxy) is 1. The van der Waals surface area contributed by atoms with E-state index in [0.717, 1.165) is 5.75 Å². The molecule has 1 fully saturated rings. The number of benzene rings is 2. The number of rotatable bonds is 6. The van der Waals surface area contributed by atoms with Crippen LogP contribution >= 0.6 is 11.8 Å². The number of hydrogen-bond acceptors (Lipinski definition) is 5. The average molecular weight is 415 g/mol. The molecule has 0 aliphatic carbocycles. The first kappa shape index (κ1) is 20.9. The van der Waals surface area contributed by atoms with Crippen LogP contribution < -0.4 is 10.1 Å². The van der Waals surface area contributed by atoms with Gasteiger partial charge in [-0.25, -0.2) is 9.38 Å². The zero-order chi connectivity index (χ0) is 20.8. The van der Waals surface area contributed by atoms with Gasteiger partial charge in [0, 0.05) is 18.7 Å². The Morgan fingerprint density at radius 3 is 2.52 bits per heavy atom. The van der Waals surface area contributed by atoms with Crippen molar-refractivity contribution in [3.63, 3.8) is 0 Å². The molecule has 29 heavy (non-hydrogen) atoms. The highest BCUT2D eigenvalue weighted by Crippen LogP contribution is 2.30. The van der Waals surface area contributed by atoms with Gasteiger partial charge in [-0.05, 0) is 62.4 Å². The molecule has 1 aliphatic heterocycles. The number of amidine groups is 1. The first-order valence-electron chi connectivity index (χ1n) is 9.35. The minimum absolute atomic E-state index is 0.0871. The van der Waals surface area contributed by atoms with Gasteiger partial charge in [0.25, 0.3) is 0 Å². The van der Waals surface area contributed by atoms with Gasteiger partial charge in [-0.1, -0.05) is 11.8 Å². The Morgan fingerprint density at radius 1 is 1.21 bits per heavy atom. The number of aliphatic imine (C=N–C) groups is 1. The Kier molecular flexibility index (Phi) is 6.87. The summed E-state index contributed by atoms with van der Waals surface area (Å²) in [4.78, 5) is 31.3. The minimum atomic E-state index is -0.601. The summed E-state index contributed by atoms with van der Waals surface area (Å²) in [6, 6.07) is 12.7. The summed E-state index contributed by atoms with van der Waals surface area (Å²) < 4.78 is 18.5. The summed E-state index contributed by atoms with van der Waals surface area (Å²) in [7, 11) is 0. The van der Waals surface area contributed by atoms with Crippen LogP contribution in [0.1, 0.15) is 20.3 Å². The number of amides is 2. The van der Waals surface area contributed by atoms with Crippen molar-refractivity contribution in [2.24, 2.45) is 4.99 Å². The maximum absolute atomic E-state index is 13.1. The summed E-state index contributed by atoms with van der Waals surface area (Å²) in [6.45, 7) is 4.76. The topological polar surface area (TPSA) is 71.0 Å². The lowest BCUT2D eigenvalue weighted by Crippen LogP contribution is -2.45. The predicted molar refractivity (Wildman–Crippen MR) is 113 cm³/mol. The van der Waals surface area contributed by atoms with Gasteiger partial charge in [0.2, 0.25) is 11.8 Å². The molecule has 0 spiro atoms. The van der Waals surface area contributed by atoms with Gasteiger partial charge in [0.1, 0.15) is 16.8 Å². The van der Waals surface area contributed by atoms with Gasteiger partial charge in [-0.15, -0.1) is 0 Å². The van der Waals surface area contributed by atoms with Crippen LogP contribution in [0, 0.1) is 5.82 Å². The first-order valence-corrected chi connectivity index (χ1v) is 10.2. The molecule has 0 saturated carbocycles. The highest BCUT2D eigenvalue weighted by atomic mass is 32.2. The van der Waals surface area contributed by atoms with E-state index in [9.17, 15) is 14.0 Å². The van der Waals surface area contributed by atoms with E-state index in [1.54, 1.807) is 24.3 Å². The van der Waals surface area contributed by atoms with Crippen LogP contribution in [-0.2, 0) is 9.59 Å². The van der Waals surface area contributed by atoms with Gasteiger partial charge in [0.05, 0.1) is 12.3 Å². The lowest BCUT2D eigenvalue weighted by molar-refractivity contribution is -0.129. The Balaban J connectivity index is 1.74. The highest BCUT2D eigenvalue weighted by molar-refractivity contribution is 8.15. The molecule has 2 aromatic rings. The van der Waals surface area contributed by atoms with E-state index in [-0.39, 0.29) is 24.1 Å². The highest BCUT2D eigenvalue weighted by Gasteiger charge is 2.35. The van der Waals surface area contributed by atoms with Crippen LogP contribution in [0.15, 0.2) is 53.5 Å². The van der Waals surface area contributed by atoms with Crippen molar-refractivity contribution in [2.75, 3.05) is 18.5 Å². The lowest BCUT2D eigenvalue weighted by atomic mass is 10.2. The number of thioether (sulfide) groups is 1. The molecule has 1 saturated heterocycles. The van der Waals surface area contributed by atoms with Crippen molar-refractivity contribution < 1.29 is 18.7 Å². The third-order valence-corrected chi connectivity index (χ3v) is 5.42. The standard InChI is InChI=1S/C21H22FN3O3S/c1-3-25-19(26)13-18(29-21(25)24-16-7-5-14(22)6-8-16)20(27)23-15-9-11-17(12-10-15)28-4-2/h5-12,18H,3-4,13H2,1-2H3,(H,23,27)/t18-/m1/s1. The fourth-order valence-corrected chi connectivity index (χ4v) is 3.97. The van der Waals surface area contributed by atoms with Crippen molar-refractivity contribution in [3.05, 3.63) is 54.3 Å². The molecule has 1 heterocycles. The van der Waals surface area contributed by atoms with Gasteiger partial charge < -0.3 is 10.1 Å². The van der Waals surface area contributed by atoms with Gasteiger partial charge >= 0.3 is 0 Å². The molecule has 0 unspecified atom stereocenters. The number of nitrogens with zero attached hydrogens (tertiary/aromatic N) is 2. The fourth-order valence-electron chi connectivity index (χ4n) is 2.80. The molecule has 2 amide bonds. The third-order valence-electron chi connectivity index (χ3n) is 4.23. The van der Waals surface area contributed by atoms with E-state index in [1.165, 1.54) is 40.9 Å². The number of halogens is 1. The maximum Gasteiger partial charge on any atom is 0.238 e. The fraction of sp³-hybridized carbons (Fsp3) is 0.286. The molecule has 0 radical (unpaired) electrons. The largest absolute Gasteiger partial charge is 0.494 e. The van der Waals surface area contributed by atoms with Crippen molar-refractivity contribution >= 4 is 40.1 Å². The first-order chi connectivity index (χ1) is 14.0. The maximum atomic E-state index is 13.1. The van der Waals surface area contributed by atoms with Crippen LogP contribution in [0.25, 0.3) is 0 Å². The Labute approximate surface area is 173 Å². The monoisotopic (exact) mass is 415 g/mol. The Morgan fingerprint density at radius 2 is 1.90 bits per heavy atom. The number of hydrogen-bond donors (Lipinski definition) is 1. The Hall–Kier alpha value is -2.87. The Bertz CT molecular complexity index is 900. The van der Waals surface area contributed by atoms with E-state index in [1.807, 2.05) is 13.8 Å². The molecule has 0 aromatic heterocycles. The van der Waals surface area contributed by atoms with Crippen molar-refractivity contribution in [2.45, 2.75) is 25.5 Å². The molecule has 1 aliphatic rings. The summed E-state index contributed by atoms with van der Waals surface area (Å²) in [5, 5.41) is 2.67. The molecule has 8 heteroatoms. The molecule has 3 rings (SSSR count). The number of carbonyl (C=O) groups is 2. The average Bonchev–Trinajstić information content (AvgIpc) is 2.71. The third kappa shape index (κ3) is 5.35. The van der Waals surface area contributed by atoms with E-state index >= 15 is 0 Å². The van der Waals surface area contributed by atoms with Crippen LogP contribution in [0.3, 0.4) is 0 Å². The van der Waals surface area contributed by atoms with Crippen molar-refractivity contribution in [1.29, 1.82) is 0 Å². The van der Waals surface area contributed by atoms with E-state index in [2.05, 4.69) is 10.3 Å². The van der Waals surface area contributed by atoms with Crippen LogP contribution in [-0.4, -0.2) is 40.3 Å². The van der Waals surface area contributed by atoms with E-state index in [0.29, 0.717) is 29.7 Å². The zero-order valence-corrected chi connectivity index (χ0v) is 17.0. The van der Waals surface area contributed by atoms with Crippen LogP contribution in [0.2, 0.25) is 0 Å². The van der Waals surface area contributed by atoms with E-state index < -0.39 is 5.25 Å². The summed E-state index contributed by atoms with van der Waals surface area (Å²) in [5.74, 6) is -0.0738. The van der Waals surface area contributed by atoms with E-state index in [4.69, 9.17) is 4.74 Å². The molecular formula is C21H22FN3O3S. The van der Waals surface area contributed by atoms with Gasteiger partial charge in [-0.3, -0.25) is 14.5 Å². The zero-order valence-electron chi connectivity index (χ0n) is 16.2. The quantitative estimate of drug-likeness (QED) is 0.767. The smallest absolute Gasteiger partial charge is 0.238 e. The number of nitrogens with one attached hydrogen (secondary N) is 1. The second-order valence-corrected chi connectivity index (χ2v) is 7.44. The lowest BCUT2D eigenvalue weighted by Gasteiger charge is -2.30. The second-order valence-electron chi connectivity index (χ2n) is 6.27. The normalized spacial score (nSPS) is 18.0. The molecule has 0 bridgehead atoms. The number of carbonyl (C=O) groups excluding carboxylic acids is 2. The molecular weight excluding hydrogens is 393 g/mol. The molecule has 6 nitrogen and oxygen atoms in total. The predicted octanol–water partition coefficient (Wildman–Crippen LogP) is 4.20. The molecule has 1 atom stereocenters. The minimum Gasteiger partial charge on any atom is -0.494 e. The summed E-state index contributed by atoms with van der Waals surface area (Å²) >= 11 is 1.23. The van der Waals surface area contributed by atoms with Crippen LogP contribution in [0.4, 0.5) is 15.8 Å². The summed E-state index contributed by atoms with van der Waals surface area (Å²) in [6.07, 6.45) is 0.0871. The van der Waals surface area contributed by atoms with Gasteiger partial charge in [0.15, 0.2) is 5.17 Å². The number of anilines is 1. The summed E-state index contributed by atoms with van der Waals surface area (Å²) in [5.41, 5.74) is 1.15. The SMILES string of the molecule is CCOc1ccc(NC(=O)[C@H]2CC(=O)N(CC)C(=Nc3ccc(F)cc3)S2)cc1. The molecule has 2 aromatic carbocycles. The van der Waals surface area contributed by atoms with Crippen molar-refractivity contribution in [3.8, 4) is 5.75 Å². The van der Waals surface area contributed by atoms with Crippen molar-refractivity contribution in [1.82, 2.24) is 4.90 Å². The van der Waals surface area contributed by atoms with Crippen LogP contribution in [0.5, 0.6) is 5.75 Å². The second kappa shape index (κ2) is 9.56. The van der Waals surface area contributed by atoms with Gasteiger partial charge in [-0.2, -0.15) is 0 Å². The molecule has 152 valence electrons.